The number of nitrogens with zero attached hydrogens (tertiary/aromatic N) is 3. The Morgan fingerprint density at radius 3 is 2.85 bits per heavy atom. The first-order valence-electron chi connectivity index (χ1n) is 9.95. The minimum Gasteiger partial charge on any atom is -0.352 e. The molecule has 2 aliphatic rings. The third kappa shape index (κ3) is 5.48. The van der Waals surface area contributed by atoms with Gasteiger partial charge in [0.2, 0.25) is 5.91 Å². The molecule has 6 heteroatoms. The highest BCUT2D eigenvalue weighted by molar-refractivity contribution is 5.78. The number of carbonyl (C=O) groups excluding carboxylic acids is 1. The van der Waals surface area contributed by atoms with Gasteiger partial charge in [-0.15, -0.1) is 0 Å². The maximum absolute atomic E-state index is 12.6. The Kier molecular flexibility index (Phi) is 7.38. The van der Waals surface area contributed by atoms with Crippen molar-refractivity contribution >= 4 is 5.91 Å². The van der Waals surface area contributed by atoms with Gasteiger partial charge in [-0.3, -0.25) is 19.1 Å². The molecule has 0 bridgehead atoms. The van der Waals surface area contributed by atoms with E-state index in [9.17, 15) is 9.18 Å². The van der Waals surface area contributed by atoms with Crippen molar-refractivity contribution in [3.8, 4) is 0 Å². The number of halogens is 1. The van der Waals surface area contributed by atoms with Crippen molar-refractivity contribution in [1.29, 1.82) is 0 Å². The molecular formula is C20H31FN4O. The fraction of sp³-hybridized carbons (Fsp3) is 0.700. The summed E-state index contributed by atoms with van der Waals surface area (Å²) in [4.78, 5) is 21.5. The van der Waals surface area contributed by atoms with Gasteiger partial charge in [0.25, 0.3) is 0 Å². The molecular weight excluding hydrogens is 331 g/mol. The molecule has 3 heterocycles. The monoisotopic (exact) mass is 362 g/mol. The molecule has 2 saturated heterocycles. The van der Waals surface area contributed by atoms with Crippen LogP contribution in [0.5, 0.6) is 0 Å². The number of nitrogens with one attached hydrogen (secondary N) is 1. The van der Waals surface area contributed by atoms with Gasteiger partial charge in [0.05, 0.1) is 12.6 Å². The van der Waals surface area contributed by atoms with Crippen LogP contribution in [0.2, 0.25) is 0 Å². The Labute approximate surface area is 156 Å². The lowest BCUT2D eigenvalue weighted by molar-refractivity contribution is -0.127. The zero-order valence-electron chi connectivity index (χ0n) is 15.6. The lowest BCUT2D eigenvalue weighted by Crippen LogP contribution is -2.50. The van der Waals surface area contributed by atoms with Crippen LogP contribution in [0.25, 0.3) is 0 Å². The Morgan fingerprint density at radius 1 is 1.27 bits per heavy atom. The predicted octanol–water partition coefficient (Wildman–Crippen LogP) is 2.23. The summed E-state index contributed by atoms with van der Waals surface area (Å²) in [6, 6.07) is 4.45. The largest absolute Gasteiger partial charge is 0.352 e. The fourth-order valence-corrected chi connectivity index (χ4v) is 4.18. The van der Waals surface area contributed by atoms with Crippen LogP contribution in [0.4, 0.5) is 4.39 Å². The molecule has 1 aromatic heterocycles. The molecule has 0 aromatic carbocycles. The molecule has 0 saturated carbocycles. The number of hydrogen-bond donors (Lipinski definition) is 1. The number of likely N-dealkylation sites (tertiary alicyclic amines) is 2. The molecule has 1 unspecified atom stereocenters. The van der Waals surface area contributed by atoms with Crippen LogP contribution < -0.4 is 5.32 Å². The number of hydrogen-bond acceptors (Lipinski definition) is 4. The summed E-state index contributed by atoms with van der Waals surface area (Å²) >= 11 is 0. The molecule has 1 amide bonds. The fourth-order valence-electron chi connectivity index (χ4n) is 4.18. The van der Waals surface area contributed by atoms with E-state index in [0.29, 0.717) is 19.0 Å². The topological polar surface area (TPSA) is 48.5 Å². The molecule has 0 aliphatic carbocycles. The summed E-state index contributed by atoms with van der Waals surface area (Å²) in [5, 5.41) is 3.07. The number of alkyl halides is 1. The molecule has 2 fully saturated rings. The molecule has 2 aliphatic heterocycles. The number of carbonyl (C=O) groups is 1. The lowest BCUT2D eigenvalue weighted by atomic mass is 9.93. The highest BCUT2D eigenvalue weighted by Crippen LogP contribution is 2.24. The summed E-state index contributed by atoms with van der Waals surface area (Å²) < 4.78 is 12.3. The van der Waals surface area contributed by atoms with Gasteiger partial charge in [0.1, 0.15) is 0 Å². The second-order valence-corrected chi connectivity index (χ2v) is 7.53. The molecule has 3 rings (SSSR count). The number of aromatic nitrogens is 1. The average Bonchev–Trinajstić information content (AvgIpc) is 2.71. The molecule has 0 radical (unpaired) electrons. The summed E-state index contributed by atoms with van der Waals surface area (Å²) in [7, 11) is 0. The molecule has 1 atom stereocenters. The summed E-state index contributed by atoms with van der Waals surface area (Å²) in [5.74, 6) is 0.254. The van der Waals surface area contributed by atoms with Crippen LogP contribution >= 0.6 is 0 Å². The van der Waals surface area contributed by atoms with Crippen LogP contribution in [-0.4, -0.2) is 66.1 Å². The third-order valence-corrected chi connectivity index (χ3v) is 5.69. The number of rotatable bonds is 7. The Morgan fingerprint density at radius 2 is 2.12 bits per heavy atom. The van der Waals surface area contributed by atoms with E-state index in [1.54, 1.807) is 12.4 Å². The minimum atomic E-state index is -0.220. The van der Waals surface area contributed by atoms with E-state index in [4.69, 9.17) is 0 Å². The van der Waals surface area contributed by atoms with Crippen molar-refractivity contribution in [3.05, 3.63) is 30.1 Å². The highest BCUT2D eigenvalue weighted by atomic mass is 19.1. The second-order valence-electron chi connectivity index (χ2n) is 7.53. The molecule has 144 valence electrons. The average molecular weight is 362 g/mol. The first kappa shape index (κ1) is 19.2. The first-order valence-corrected chi connectivity index (χ1v) is 9.95. The maximum Gasteiger partial charge on any atom is 0.224 e. The van der Waals surface area contributed by atoms with Crippen LogP contribution in [0.3, 0.4) is 0 Å². The van der Waals surface area contributed by atoms with Crippen LogP contribution in [0, 0.1) is 5.92 Å². The third-order valence-electron chi connectivity index (χ3n) is 5.69. The quantitative estimate of drug-likeness (QED) is 0.808. The molecule has 5 nitrogen and oxygen atoms in total. The Bertz CT molecular complexity index is 548. The molecule has 26 heavy (non-hydrogen) atoms. The van der Waals surface area contributed by atoms with Crippen molar-refractivity contribution < 1.29 is 9.18 Å². The Hall–Kier alpha value is -1.53. The van der Waals surface area contributed by atoms with Gasteiger partial charge in [0.15, 0.2) is 0 Å². The Balaban J connectivity index is 1.43. The normalized spacial score (nSPS) is 23.0. The minimum absolute atomic E-state index is 0.0880. The molecule has 1 N–H and O–H groups in total. The highest BCUT2D eigenvalue weighted by Gasteiger charge is 2.31. The lowest BCUT2D eigenvalue weighted by Gasteiger charge is -2.42. The number of amides is 1. The smallest absolute Gasteiger partial charge is 0.224 e. The molecule has 1 aromatic rings. The van der Waals surface area contributed by atoms with Crippen molar-refractivity contribution in [3.63, 3.8) is 0 Å². The first-order chi connectivity index (χ1) is 12.8. The van der Waals surface area contributed by atoms with Gasteiger partial charge in [-0.05, 0) is 63.4 Å². The maximum atomic E-state index is 12.6. The summed E-state index contributed by atoms with van der Waals surface area (Å²) in [6.07, 6.45) is 8.52. The van der Waals surface area contributed by atoms with E-state index in [-0.39, 0.29) is 18.5 Å². The van der Waals surface area contributed by atoms with E-state index in [1.807, 2.05) is 12.1 Å². The van der Waals surface area contributed by atoms with E-state index >= 15 is 0 Å². The van der Waals surface area contributed by atoms with Crippen LogP contribution in [0.1, 0.15) is 37.7 Å². The summed E-state index contributed by atoms with van der Waals surface area (Å²) in [6.45, 7) is 5.29. The zero-order valence-corrected chi connectivity index (χ0v) is 15.6. The second kappa shape index (κ2) is 9.97. The van der Waals surface area contributed by atoms with Crippen molar-refractivity contribution in [2.45, 2.75) is 44.7 Å². The van der Waals surface area contributed by atoms with Gasteiger partial charge < -0.3 is 10.2 Å². The van der Waals surface area contributed by atoms with Gasteiger partial charge >= 0.3 is 0 Å². The number of piperidine rings is 2. The van der Waals surface area contributed by atoms with Crippen molar-refractivity contribution in [2.24, 2.45) is 5.92 Å². The van der Waals surface area contributed by atoms with E-state index < -0.39 is 0 Å². The standard InChI is InChI=1S/C20H31FN4O/c21-8-3-10-24-12-6-19(7-13-24)25-11-2-5-18(16-25)20(26)23-15-17-4-1-9-22-14-17/h1,4,9,14,18-19H,2-3,5-8,10-13,15-16H2,(H,23,26). The van der Waals surface area contributed by atoms with Crippen molar-refractivity contribution in [1.82, 2.24) is 20.1 Å². The summed E-state index contributed by atoms with van der Waals surface area (Å²) in [5.41, 5.74) is 1.04. The van der Waals surface area contributed by atoms with E-state index in [0.717, 1.165) is 64.0 Å². The van der Waals surface area contributed by atoms with E-state index in [2.05, 4.69) is 20.1 Å². The zero-order chi connectivity index (χ0) is 18.2. The molecule has 0 spiro atoms. The van der Waals surface area contributed by atoms with Crippen LogP contribution in [-0.2, 0) is 11.3 Å². The predicted molar refractivity (Wildman–Crippen MR) is 100 cm³/mol. The van der Waals surface area contributed by atoms with Gasteiger partial charge in [0, 0.05) is 38.1 Å². The SMILES string of the molecule is O=C(NCc1cccnc1)C1CCCN(C2CCN(CCCF)CC2)C1. The van der Waals surface area contributed by atoms with Gasteiger partial charge in [-0.2, -0.15) is 0 Å². The van der Waals surface area contributed by atoms with Crippen molar-refractivity contribution in [2.75, 3.05) is 39.4 Å². The van der Waals surface area contributed by atoms with E-state index in [1.165, 1.54) is 0 Å². The van der Waals surface area contributed by atoms with Crippen LogP contribution in [0.15, 0.2) is 24.5 Å². The number of pyridine rings is 1. The van der Waals surface area contributed by atoms with Gasteiger partial charge in [-0.1, -0.05) is 6.07 Å². The van der Waals surface area contributed by atoms with Gasteiger partial charge in [-0.25, -0.2) is 0 Å².